The van der Waals surface area contributed by atoms with Crippen LogP contribution in [0.2, 0.25) is 0 Å². The average molecular weight is 760 g/mol. The van der Waals surface area contributed by atoms with E-state index in [1.54, 1.807) is 12.1 Å². The third kappa shape index (κ3) is 8.00. The summed E-state index contributed by atoms with van der Waals surface area (Å²) in [6.45, 7) is 2.33. The third-order valence-corrected chi connectivity index (χ3v) is 10.1. The summed E-state index contributed by atoms with van der Waals surface area (Å²) >= 11 is 0. The predicted molar refractivity (Wildman–Crippen MR) is 221 cm³/mol. The third-order valence-electron chi connectivity index (χ3n) is 10.1. The van der Waals surface area contributed by atoms with Crippen LogP contribution in [0.25, 0.3) is 32.8 Å². The monoisotopic (exact) mass is 759 g/mol. The predicted octanol–water partition coefficient (Wildman–Crippen LogP) is 7.17. The van der Waals surface area contributed by atoms with Crippen LogP contribution in [-0.2, 0) is 33.6 Å². The lowest BCUT2D eigenvalue weighted by molar-refractivity contribution is 0.102. The first-order chi connectivity index (χ1) is 27.7. The van der Waals surface area contributed by atoms with E-state index in [1.165, 1.54) is 37.6 Å². The van der Waals surface area contributed by atoms with Crippen molar-refractivity contribution in [2.45, 2.75) is 19.5 Å². The van der Waals surface area contributed by atoms with Gasteiger partial charge >= 0.3 is 0 Å². The van der Waals surface area contributed by atoms with E-state index in [-0.39, 0.29) is 16.9 Å². The Balaban J connectivity index is 0.978. The molecule has 0 aliphatic heterocycles. The lowest BCUT2D eigenvalue weighted by atomic mass is 10.1. The number of para-hydroxylation sites is 2. The molecule has 0 unspecified atom stereocenters. The molecule has 0 atom stereocenters. The highest BCUT2D eigenvalue weighted by atomic mass is 16.5. The average Bonchev–Trinajstić information content (AvgIpc) is 3.80. The van der Waals surface area contributed by atoms with Crippen molar-refractivity contribution >= 4 is 56.0 Å². The largest absolute Gasteiger partial charge is 0.493 e. The van der Waals surface area contributed by atoms with Crippen molar-refractivity contribution in [2.75, 3.05) is 31.4 Å². The Morgan fingerprint density at radius 1 is 0.667 bits per heavy atom. The molecule has 2 amide bonds. The molecule has 0 aliphatic carbocycles. The van der Waals surface area contributed by atoms with Gasteiger partial charge in [-0.2, -0.15) is 10.2 Å². The molecule has 0 bridgehead atoms. The van der Waals surface area contributed by atoms with Crippen LogP contribution in [0.1, 0.15) is 37.5 Å². The first-order valence-electron chi connectivity index (χ1n) is 18.5. The lowest BCUT2D eigenvalue weighted by Crippen LogP contribution is -2.25. The van der Waals surface area contributed by atoms with Crippen molar-refractivity contribution in [3.8, 4) is 11.5 Å². The van der Waals surface area contributed by atoms with Crippen LogP contribution in [0.15, 0.2) is 116 Å². The van der Waals surface area contributed by atoms with Crippen molar-refractivity contribution in [3.63, 3.8) is 0 Å². The van der Waals surface area contributed by atoms with E-state index in [9.17, 15) is 9.59 Å². The van der Waals surface area contributed by atoms with Gasteiger partial charge in [0.2, 0.25) is 0 Å². The highest BCUT2D eigenvalue weighted by Gasteiger charge is 2.21. The van der Waals surface area contributed by atoms with Crippen molar-refractivity contribution in [1.29, 1.82) is 0 Å². The van der Waals surface area contributed by atoms with Crippen LogP contribution in [0.3, 0.4) is 0 Å². The number of amides is 2. The van der Waals surface area contributed by atoms with Gasteiger partial charge in [0.25, 0.3) is 11.8 Å². The highest BCUT2D eigenvalue weighted by Crippen LogP contribution is 2.34. The Kier molecular flexibility index (Phi) is 10.3. The topological polar surface area (TPSA) is 141 Å². The molecule has 0 aliphatic rings. The molecule has 13 nitrogen and oxygen atoms in total. The number of hydrogen-bond acceptors (Lipinski definition) is 9. The number of benzene rings is 5. The van der Waals surface area contributed by atoms with Crippen molar-refractivity contribution in [2.24, 2.45) is 14.1 Å². The maximum atomic E-state index is 13.8. The van der Waals surface area contributed by atoms with E-state index in [2.05, 4.69) is 72.1 Å². The Morgan fingerprint density at radius 3 is 2.11 bits per heavy atom. The van der Waals surface area contributed by atoms with Crippen molar-refractivity contribution in [3.05, 3.63) is 144 Å². The highest BCUT2D eigenvalue weighted by molar-refractivity contribution is 6.13. The van der Waals surface area contributed by atoms with E-state index in [1.807, 2.05) is 78.3 Å². The molecular weight excluding hydrogens is 719 g/mol. The molecule has 0 spiro atoms. The molecule has 5 aromatic carbocycles. The summed E-state index contributed by atoms with van der Waals surface area (Å²) in [5.74, 6) is -0.275. The number of aryl methyl sites for hydroxylation is 2. The number of ether oxygens (including phenoxy) is 2. The molecule has 8 rings (SSSR count). The van der Waals surface area contributed by atoms with E-state index in [0.717, 1.165) is 53.4 Å². The Hall–Kier alpha value is -7.12. The molecule has 57 heavy (non-hydrogen) atoms. The number of hydrogen-bond donors (Lipinski definition) is 2. The van der Waals surface area contributed by atoms with Gasteiger partial charge in [0.1, 0.15) is 5.69 Å². The maximum absolute atomic E-state index is 13.8. The summed E-state index contributed by atoms with van der Waals surface area (Å²) in [4.78, 5) is 38.4. The summed E-state index contributed by atoms with van der Waals surface area (Å²) in [5, 5.41) is 16.9. The molecule has 13 heteroatoms. The first kappa shape index (κ1) is 36.8. The summed E-state index contributed by atoms with van der Waals surface area (Å²) in [5.41, 5.74) is 8.11. The van der Waals surface area contributed by atoms with Crippen LogP contribution >= 0.6 is 0 Å². The normalized spacial score (nSPS) is 11.4. The fourth-order valence-corrected chi connectivity index (χ4v) is 6.99. The molecule has 0 fully saturated rings. The molecule has 8 aromatic rings. The van der Waals surface area contributed by atoms with Crippen LogP contribution in [-0.4, -0.2) is 67.0 Å². The Bertz CT molecular complexity index is 2760. The molecule has 2 N–H and O–H groups in total. The molecule has 3 aromatic heterocycles. The van der Waals surface area contributed by atoms with Crippen LogP contribution in [0.5, 0.6) is 11.5 Å². The summed E-state index contributed by atoms with van der Waals surface area (Å²) in [7, 11) is 6.89. The molecule has 0 radical (unpaired) electrons. The number of rotatable bonds is 13. The standard InChI is InChI=1S/C44H41N9O4/c1-51-39-16-12-29(19-32(39)24-47-51)26-53(27-30-9-13-31-23-46-52(2)40(31)20-30)18-17-28-10-14-33(15-11-28)48-43(54)34-21-41(56-3)42(57-4)22-37(34)50-44(55)38-25-45-35-7-5-6-8-36(35)49-38/h5-16,19-25H,17-18,26-27H2,1-4H3,(H,48,54)(H,50,55). The quantitative estimate of drug-likeness (QED) is 0.125. The molecule has 0 saturated carbocycles. The smallest absolute Gasteiger partial charge is 0.275 e. The number of aromatic nitrogens is 6. The SMILES string of the molecule is COc1cc(NC(=O)c2cnc3ccccc3n2)c(C(=O)Nc2ccc(CCN(Cc3ccc4c(cnn4C)c3)Cc3ccc4cnn(C)c4c3)cc2)cc1OC. The number of anilines is 2. The number of carbonyl (C=O) groups is 2. The van der Waals surface area contributed by atoms with Crippen LogP contribution in [0, 0.1) is 0 Å². The second-order valence-electron chi connectivity index (χ2n) is 13.9. The number of nitrogens with zero attached hydrogens (tertiary/aromatic N) is 7. The zero-order valence-electron chi connectivity index (χ0n) is 32.1. The van der Waals surface area contributed by atoms with E-state index in [0.29, 0.717) is 28.2 Å². The Labute approximate surface area is 328 Å². The first-order valence-corrected chi connectivity index (χ1v) is 18.5. The van der Waals surface area contributed by atoms with Gasteiger partial charge < -0.3 is 20.1 Å². The minimum Gasteiger partial charge on any atom is -0.493 e. The molecule has 0 saturated heterocycles. The van der Waals surface area contributed by atoms with E-state index >= 15 is 0 Å². The number of fused-ring (bicyclic) bond motifs is 3. The van der Waals surface area contributed by atoms with Gasteiger partial charge in [0, 0.05) is 56.3 Å². The van der Waals surface area contributed by atoms with Crippen LogP contribution in [0.4, 0.5) is 11.4 Å². The number of nitrogens with one attached hydrogen (secondary N) is 2. The summed E-state index contributed by atoms with van der Waals surface area (Å²) < 4.78 is 14.8. The molecule has 286 valence electrons. The molecule has 3 heterocycles. The van der Waals surface area contributed by atoms with Gasteiger partial charge in [-0.1, -0.05) is 42.5 Å². The van der Waals surface area contributed by atoms with Gasteiger partial charge in [-0.15, -0.1) is 0 Å². The van der Waals surface area contributed by atoms with Crippen molar-refractivity contribution < 1.29 is 19.1 Å². The van der Waals surface area contributed by atoms with Crippen molar-refractivity contribution in [1.82, 2.24) is 34.4 Å². The maximum Gasteiger partial charge on any atom is 0.275 e. The fraction of sp³-hybridized carbons (Fsp3) is 0.182. The minimum atomic E-state index is -0.525. The minimum absolute atomic E-state index is 0.105. The summed E-state index contributed by atoms with van der Waals surface area (Å²) in [6.07, 6.45) is 5.99. The van der Waals surface area contributed by atoms with Gasteiger partial charge in [0.15, 0.2) is 11.5 Å². The zero-order chi connectivity index (χ0) is 39.5. The second-order valence-corrected chi connectivity index (χ2v) is 13.9. The lowest BCUT2D eigenvalue weighted by Gasteiger charge is -2.23. The van der Waals surface area contributed by atoms with E-state index < -0.39 is 11.8 Å². The van der Waals surface area contributed by atoms with Gasteiger partial charge in [-0.3, -0.25) is 28.8 Å². The second kappa shape index (κ2) is 15.9. The zero-order valence-corrected chi connectivity index (χ0v) is 32.1. The summed E-state index contributed by atoms with van der Waals surface area (Å²) in [6, 6.07) is 31.2. The van der Waals surface area contributed by atoms with Gasteiger partial charge in [0.05, 0.1) is 66.1 Å². The number of methoxy groups -OCH3 is 2. The van der Waals surface area contributed by atoms with Crippen LogP contribution < -0.4 is 20.1 Å². The number of carbonyl (C=O) groups excluding carboxylic acids is 2. The van der Waals surface area contributed by atoms with Gasteiger partial charge in [-0.05, 0) is 71.6 Å². The molecular formula is C44H41N9O4. The Morgan fingerprint density at radius 2 is 1.33 bits per heavy atom. The van der Waals surface area contributed by atoms with Gasteiger partial charge in [-0.25, -0.2) is 4.98 Å². The fourth-order valence-electron chi connectivity index (χ4n) is 6.99. The van der Waals surface area contributed by atoms with E-state index in [4.69, 9.17) is 9.47 Å².